The third kappa shape index (κ3) is 5.95. The van der Waals surface area contributed by atoms with Crippen molar-refractivity contribution in [2.24, 2.45) is 0 Å². The maximum Gasteiger partial charge on any atom is 0.329 e. The van der Waals surface area contributed by atoms with Gasteiger partial charge < -0.3 is 15.5 Å². The maximum absolute atomic E-state index is 13.4. The van der Waals surface area contributed by atoms with Gasteiger partial charge in [-0.25, -0.2) is 4.79 Å². The van der Waals surface area contributed by atoms with Gasteiger partial charge in [0.05, 0.1) is 11.4 Å². The monoisotopic (exact) mass is 430 g/mol. The minimum Gasteiger partial charge on any atom is -0.326 e. The van der Waals surface area contributed by atoms with Crippen LogP contribution in [0, 0.1) is 0 Å². The van der Waals surface area contributed by atoms with Crippen LogP contribution >= 0.6 is 0 Å². The Bertz CT molecular complexity index is 1010. The molecule has 0 saturated carbocycles. The Balaban J connectivity index is 1.73. The molecule has 7 nitrogen and oxygen atoms in total. The minimum absolute atomic E-state index is 0.0983. The number of rotatable bonds is 7. The topological polar surface area (TPSA) is 81.8 Å². The maximum atomic E-state index is 13.4. The summed E-state index contributed by atoms with van der Waals surface area (Å²) in [5, 5.41) is 5.47. The van der Waals surface area contributed by atoms with Gasteiger partial charge in [0.15, 0.2) is 0 Å². The lowest BCUT2D eigenvalue weighted by molar-refractivity contribution is -0.117. The Morgan fingerprint density at radius 1 is 0.719 bits per heavy atom. The molecule has 0 atom stereocenters. The van der Waals surface area contributed by atoms with Gasteiger partial charge >= 0.3 is 6.03 Å². The number of likely N-dealkylation sites (N-methyl/N-ethyl adjacent to an activating group) is 1. The standard InChI is InChI=1S/C25H26N4O3/c1-3-28(18-24(31)27-21-16-14-20(15-17-21)26-19(2)30)25(32)29(22-10-6-4-7-11-22)23-12-8-5-9-13-23/h4-17H,3,18H2,1-2H3,(H,26,30)(H,27,31). The lowest BCUT2D eigenvalue weighted by Crippen LogP contribution is -2.44. The molecule has 2 N–H and O–H groups in total. The van der Waals surface area contributed by atoms with Crippen molar-refractivity contribution in [2.45, 2.75) is 13.8 Å². The van der Waals surface area contributed by atoms with Crippen LogP contribution in [0.1, 0.15) is 13.8 Å². The fourth-order valence-corrected chi connectivity index (χ4v) is 3.19. The first-order valence-electron chi connectivity index (χ1n) is 10.3. The van der Waals surface area contributed by atoms with Gasteiger partial charge in [-0.1, -0.05) is 36.4 Å². The molecule has 3 rings (SSSR count). The van der Waals surface area contributed by atoms with Crippen LogP contribution < -0.4 is 15.5 Å². The van der Waals surface area contributed by atoms with E-state index in [1.807, 2.05) is 67.6 Å². The second kappa shape index (κ2) is 10.8. The summed E-state index contributed by atoms with van der Waals surface area (Å²) in [5.74, 6) is -0.478. The highest BCUT2D eigenvalue weighted by Crippen LogP contribution is 2.26. The van der Waals surface area contributed by atoms with Gasteiger partial charge in [-0.15, -0.1) is 0 Å². The largest absolute Gasteiger partial charge is 0.329 e. The van der Waals surface area contributed by atoms with Crippen molar-refractivity contribution in [3.63, 3.8) is 0 Å². The SMILES string of the molecule is CCN(CC(=O)Nc1ccc(NC(C)=O)cc1)C(=O)N(c1ccccc1)c1ccccc1. The van der Waals surface area contributed by atoms with Crippen LogP contribution in [0.4, 0.5) is 27.5 Å². The van der Waals surface area contributed by atoms with Crippen LogP contribution in [0.3, 0.4) is 0 Å². The van der Waals surface area contributed by atoms with Gasteiger partial charge in [0.25, 0.3) is 0 Å². The van der Waals surface area contributed by atoms with Crippen LogP contribution in [-0.4, -0.2) is 35.8 Å². The highest BCUT2D eigenvalue weighted by Gasteiger charge is 2.24. The van der Waals surface area contributed by atoms with E-state index in [0.717, 1.165) is 11.4 Å². The van der Waals surface area contributed by atoms with Crippen LogP contribution in [0.25, 0.3) is 0 Å². The molecular weight excluding hydrogens is 404 g/mol. The van der Waals surface area contributed by atoms with E-state index >= 15 is 0 Å². The molecule has 3 aromatic rings. The van der Waals surface area contributed by atoms with E-state index in [9.17, 15) is 14.4 Å². The molecule has 0 heterocycles. The van der Waals surface area contributed by atoms with E-state index in [4.69, 9.17) is 0 Å². The number of nitrogens with one attached hydrogen (secondary N) is 2. The van der Waals surface area contributed by atoms with Crippen LogP contribution in [0.5, 0.6) is 0 Å². The van der Waals surface area contributed by atoms with Gasteiger partial charge in [0, 0.05) is 24.8 Å². The minimum atomic E-state index is -0.312. The number of amides is 4. The summed E-state index contributed by atoms with van der Waals surface area (Å²) in [6.45, 7) is 3.53. The summed E-state index contributed by atoms with van der Waals surface area (Å²) in [6, 6.07) is 25.2. The number of nitrogens with zero attached hydrogens (tertiary/aromatic N) is 2. The van der Waals surface area contributed by atoms with Crippen LogP contribution in [0.2, 0.25) is 0 Å². The van der Waals surface area contributed by atoms with E-state index in [2.05, 4.69) is 10.6 Å². The second-order valence-corrected chi connectivity index (χ2v) is 7.11. The lowest BCUT2D eigenvalue weighted by Gasteiger charge is -2.30. The molecule has 0 aromatic heterocycles. The van der Waals surface area contributed by atoms with E-state index < -0.39 is 0 Å². The number of carbonyl (C=O) groups is 3. The van der Waals surface area contributed by atoms with Gasteiger partial charge in [0.1, 0.15) is 6.54 Å². The first-order chi connectivity index (χ1) is 15.5. The van der Waals surface area contributed by atoms with Gasteiger partial charge in [-0.2, -0.15) is 0 Å². The van der Waals surface area contributed by atoms with Gasteiger partial charge in [0.2, 0.25) is 11.8 Å². The Morgan fingerprint density at radius 3 is 1.62 bits per heavy atom. The fourth-order valence-electron chi connectivity index (χ4n) is 3.19. The van der Waals surface area contributed by atoms with Crippen molar-refractivity contribution in [3.05, 3.63) is 84.9 Å². The second-order valence-electron chi connectivity index (χ2n) is 7.11. The molecular formula is C25H26N4O3. The average molecular weight is 431 g/mol. The first kappa shape index (κ1) is 22.6. The number of hydrogen-bond donors (Lipinski definition) is 2. The predicted octanol–water partition coefficient (Wildman–Crippen LogP) is 4.86. The van der Waals surface area contributed by atoms with Gasteiger partial charge in [-0.3, -0.25) is 14.5 Å². The summed E-state index contributed by atoms with van der Waals surface area (Å²) in [4.78, 5) is 40.3. The third-order valence-electron chi connectivity index (χ3n) is 4.70. The van der Waals surface area contributed by atoms with Crippen molar-refractivity contribution in [1.29, 1.82) is 0 Å². The normalized spacial score (nSPS) is 10.2. The van der Waals surface area contributed by atoms with E-state index in [1.165, 1.54) is 11.8 Å². The zero-order chi connectivity index (χ0) is 22.9. The Kier molecular flexibility index (Phi) is 7.59. The van der Waals surface area contributed by atoms with Crippen molar-refractivity contribution in [1.82, 2.24) is 4.90 Å². The molecule has 4 amide bonds. The van der Waals surface area contributed by atoms with Crippen LogP contribution in [0.15, 0.2) is 84.9 Å². The highest BCUT2D eigenvalue weighted by atomic mass is 16.2. The summed E-state index contributed by atoms with van der Waals surface area (Å²) < 4.78 is 0. The Hall–Kier alpha value is -4.13. The number of anilines is 4. The Labute approximate surface area is 187 Å². The summed E-state index contributed by atoms with van der Waals surface area (Å²) >= 11 is 0. The molecule has 0 aliphatic rings. The molecule has 0 unspecified atom stereocenters. The average Bonchev–Trinajstić information content (AvgIpc) is 2.80. The quantitative estimate of drug-likeness (QED) is 0.561. The summed E-state index contributed by atoms with van der Waals surface area (Å²) in [5.41, 5.74) is 2.66. The fraction of sp³-hybridized carbons (Fsp3) is 0.160. The molecule has 32 heavy (non-hydrogen) atoms. The van der Waals surface area contributed by atoms with Crippen molar-refractivity contribution < 1.29 is 14.4 Å². The molecule has 164 valence electrons. The zero-order valence-corrected chi connectivity index (χ0v) is 18.1. The molecule has 0 saturated heterocycles. The van der Waals surface area contributed by atoms with E-state index in [-0.39, 0.29) is 24.4 Å². The molecule has 7 heteroatoms. The number of hydrogen-bond acceptors (Lipinski definition) is 3. The Morgan fingerprint density at radius 2 is 1.19 bits per heavy atom. The molecule has 0 fully saturated rings. The van der Waals surface area contributed by atoms with Crippen molar-refractivity contribution in [3.8, 4) is 0 Å². The van der Waals surface area contributed by atoms with Crippen molar-refractivity contribution in [2.75, 3.05) is 28.6 Å². The smallest absolute Gasteiger partial charge is 0.326 e. The van der Waals surface area contributed by atoms with E-state index in [0.29, 0.717) is 17.9 Å². The first-order valence-corrected chi connectivity index (χ1v) is 10.3. The molecule has 0 bridgehead atoms. The number of para-hydroxylation sites is 2. The lowest BCUT2D eigenvalue weighted by atomic mass is 10.2. The molecule has 0 spiro atoms. The highest BCUT2D eigenvalue weighted by molar-refractivity contribution is 6.02. The molecule has 0 aliphatic heterocycles. The summed E-state index contributed by atoms with van der Waals surface area (Å²) in [6.07, 6.45) is 0. The van der Waals surface area contributed by atoms with Gasteiger partial charge in [-0.05, 0) is 55.5 Å². The van der Waals surface area contributed by atoms with Crippen LogP contribution in [-0.2, 0) is 9.59 Å². The number of benzene rings is 3. The number of urea groups is 1. The van der Waals surface area contributed by atoms with E-state index in [1.54, 1.807) is 29.2 Å². The zero-order valence-electron chi connectivity index (χ0n) is 18.1. The molecule has 0 radical (unpaired) electrons. The molecule has 3 aromatic carbocycles. The van der Waals surface area contributed by atoms with Crippen molar-refractivity contribution >= 4 is 40.6 Å². The predicted molar refractivity (Wildman–Crippen MR) is 127 cm³/mol. The third-order valence-corrected chi connectivity index (χ3v) is 4.70. The molecule has 0 aliphatic carbocycles. The summed E-state index contributed by atoms with van der Waals surface area (Å²) in [7, 11) is 0. The number of carbonyl (C=O) groups excluding carboxylic acids is 3.